The van der Waals surface area contributed by atoms with Gasteiger partial charge in [0, 0.05) is 33.3 Å². The van der Waals surface area contributed by atoms with Gasteiger partial charge >= 0.3 is 0 Å². The Balaban J connectivity index is 1.68. The van der Waals surface area contributed by atoms with Crippen molar-refractivity contribution >= 4 is 17.0 Å². The lowest BCUT2D eigenvalue weighted by Gasteiger charge is -2.13. The van der Waals surface area contributed by atoms with E-state index in [0.717, 1.165) is 56.4 Å². The van der Waals surface area contributed by atoms with Crippen molar-refractivity contribution in [2.24, 2.45) is 4.99 Å². The highest BCUT2D eigenvalue weighted by Gasteiger charge is 2.06. The zero-order valence-corrected chi connectivity index (χ0v) is 15.7. The van der Waals surface area contributed by atoms with Gasteiger partial charge in [-0.2, -0.15) is 0 Å². The van der Waals surface area contributed by atoms with Crippen LogP contribution in [0.4, 0.5) is 0 Å². The molecule has 6 nitrogen and oxygen atoms in total. The van der Waals surface area contributed by atoms with Crippen LogP contribution in [0.25, 0.3) is 11.0 Å². The second-order valence-corrected chi connectivity index (χ2v) is 6.04. The minimum Gasteiger partial charge on any atom is -0.380 e. The Bertz CT molecular complexity index is 665. The molecule has 1 aromatic carbocycles. The number of imidazole rings is 1. The number of aromatic nitrogens is 2. The zero-order valence-electron chi connectivity index (χ0n) is 15.7. The third-order valence-electron chi connectivity index (χ3n) is 4.10. The number of nitrogens with one attached hydrogen (secondary N) is 2. The van der Waals surface area contributed by atoms with Crippen LogP contribution >= 0.6 is 0 Å². The lowest BCUT2D eigenvalue weighted by Crippen LogP contribution is -2.39. The molecule has 0 saturated heterocycles. The van der Waals surface area contributed by atoms with E-state index in [1.54, 1.807) is 7.05 Å². The maximum absolute atomic E-state index is 5.54. The minimum atomic E-state index is 0.709. The van der Waals surface area contributed by atoms with Gasteiger partial charge in [-0.1, -0.05) is 25.5 Å². The molecule has 0 fully saturated rings. The minimum absolute atomic E-state index is 0.709. The Hall–Kier alpha value is -2.08. The molecule has 0 unspecified atom stereocenters. The van der Waals surface area contributed by atoms with Crippen LogP contribution in [0, 0.1) is 6.92 Å². The summed E-state index contributed by atoms with van der Waals surface area (Å²) in [7, 11) is 1.79. The van der Waals surface area contributed by atoms with E-state index in [9.17, 15) is 0 Å². The highest BCUT2D eigenvalue weighted by molar-refractivity contribution is 5.79. The number of fused-ring (bicyclic) bond motifs is 1. The number of aliphatic imine (C=N–C) groups is 1. The molecule has 0 atom stereocenters. The van der Waals surface area contributed by atoms with Crippen LogP contribution in [0.5, 0.6) is 0 Å². The van der Waals surface area contributed by atoms with Gasteiger partial charge < -0.3 is 19.9 Å². The van der Waals surface area contributed by atoms with E-state index in [1.807, 2.05) is 6.07 Å². The second kappa shape index (κ2) is 10.7. The van der Waals surface area contributed by atoms with E-state index in [4.69, 9.17) is 4.74 Å². The van der Waals surface area contributed by atoms with Gasteiger partial charge in [0.25, 0.3) is 0 Å². The summed E-state index contributed by atoms with van der Waals surface area (Å²) in [6.45, 7) is 8.35. The number of benzene rings is 1. The van der Waals surface area contributed by atoms with Gasteiger partial charge in [0.15, 0.2) is 5.96 Å². The highest BCUT2D eigenvalue weighted by atomic mass is 16.5. The lowest BCUT2D eigenvalue weighted by atomic mass is 10.3. The monoisotopic (exact) mass is 345 g/mol. The Morgan fingerprint density at radius 2 is 1.96 bits per heavy atom. The van der Waals surface area contributed by atoms with Crippen molar-refractivity contribution in [2.45, 2.75) is 39.7 Å². The van der Waals surface area contributed by atoms with Crippen molar-refractivity contribution in [3.05, 3.63) is 30.1 Å². The van der Waals surface area contributed by atoms with Gasteiger partial charge in [-0.15, -0.1) is 0 Å². The molecule has 2 rings (SSSR count). The van der Waals surface area contributed by atoms with Crippen LogP contribution in [0.15, 0.2) is 29.3 Å². The van der Waals surface area contributed by atoms with Crippen molar-refractivity contribution in [2.75, 3.05) is 33.4 Å². The fraction of sp³-hybridized carbons (Fsp3) is 0.579. The van der Waals surface area contributed by atoms with Gasteiger partial charge in [-0.05, 0) is 31.9 Å². The zero-order chi connectivity index (χ0) is 17.9. The molecule has 2 aromatic rings. The van der Waals surface area contributed by atoms with Crippen LogP contribution in [0.1, 0.15) is 32.0 Å². The Morgan fingerprint density at radius 1 is 1.16 bits per heavy atom. The van der Waals surface area contributed by atoms with Crippen molar-refractivity contribution in [1.82, 2.24) is 20.2 Å². The summed E-state index contributed by atoms with van der Waals surface area (Å²) in [5.74, 6) is 1.89. The maximum Gasteiger partial charge on any atom is 0.191 e. The number of aryl methyl sites for hydroxylation is 2. The number of para-hydroxylation sites is 2. The molecule has 1 heterocycles. The molecule has 0 radical (unpaired) electrons. The van der Waals surface area contributed by atoms with E-state index in [-0.39, 0.29) is 0 Å². The molecule has 0 spiro atoms. The molecule has 6 heteroatoms. The van der Waals surface area contributed by atoms with Crippen molar-refractivity contribution in [1.29, 1.82) is 0 Å². The summed E-state index contributed by atoms with van der Waals surface area (Å²) < 4.78 is 7.81. The van der Waals surface area contributed by atoms with E-state index in [1.165, 1.54) is 11.9 Å². The summed E-state index contributed by atoms with van der Waals surface area (Å²) in [5.41, 5.74) is 2.26. The largest absolute Gasteiger partial charge is 0.380 e. The lowest BCUT2D eigenvalue weighted by molar-refractivity contribution is 0.136. The molecule has 0 amide bonds. The predicted molar refractivity (Wildman–Crippen MR) is 104 cm³/mol. The number of guanidine groups is 1. The third-order valence-corrected chi connectivity index (χ3v) is 4.10. The molecule has 1 aromatic heterocycles. The van der Waals surface area contributed by atoms with Crippen LogP contribution < -0.4 is 10.6 Å². The molecule has 2 N–H and O–H groups in total. The maximum atomic E-state index is 5.54. The van der Waals surface area contributed by atoms with Gasteiger partial charge in [-0.25, -0.2) is 4.98 Å². The van der Waals surface area contributed by atoms with Gasteiger partial charge in [0.2, 0.25) is 0 Å². The summed E-state index contributed by atoms with van der Waals surface area (Å²) in [6, 6.07) is 8.28. The molecular weight excluding hydrogens is 314 g/mol. The number of hydrogen-bond acceptors (Lipinski definition) is 3. The van der Waals surface area contributed by atoms with Gasteiger partial charge in [-0.3, -0.25) is 4.99 Å². The average Bonchev–Trinajstić information content (AvgIpc) is 2.95. The second-order valence-electron chi connectivity index (χ2n) is 6.04. The first kappa shape index (κ1) is 19.2. The SMILES string of the molecule is CCCCOCCNC(=NC)NCCCn1c(C)nc2ccccc21. The van der Waals surface area contributed by atoms with E-state index >= 15 is 0 Å². The summed E-state index contributed by atoms with van der Waals surface area (Å²) in [5, 5.41) is 6.63. The highest BCUT2D eigenvalue weighted by Crippen LogP contribution is 2.15. The average molecular weight is 345 g/mol. The van der Waals surface area contributed by atoms with E-state index in [2.05, 4.69) is 57.2 Å². The molecule has 25 heavy (non-hydrogen) atoms. The van der Waals surface area contributed by atoms with Crippen LogP contribution in [0.3, 0.4) is 0 Å². The Labute approximate surface area is 150 Å². The topological polar surface area (TPSA) is 63.5 Å². The summed E-state index contributed by atoms with van der Waals surface area (Å²) in [6.07, 6.45) is 3.30. The summed E-state index contributed by atoms with van der Waals surface area (Å²) >= 11 is 0. The van der Waals surface area contributed by atoms with Crippen molar-refractivity contribution in [3.63, 3.8) is 0 Å². The molecule has 0 aliphatic heterocycles. The van der Waals surface area contributed by atoms with Gasteiger partial charge in [0.05, 0.1) is 17.6 Å². The van der Waals surface area contributed by atoms with Crippen LogP contribution in [-0.2, 0) is 11.3 Å². The predicted octanol–water partition coefficient (Wildman–Crippen LogP) is 2.72. The first-order valence-electron chi connectivity index (χ1n) is 9.20. The fourth-order valence-electron chi connectivity index (χ4n) is 2.73. The molecule has 0 aliphatic carbocycles. The number of rotatable bonds is 10. The van der Waals surface area contributed by atoms with Crippen molar-refractivity contribution in [3.8, 4) is 0 Å². The van der Waals surface area contributed by atoms with E-state index in [0.29, 0.717) is 6.61 Å². The van der Waals surface area contributed by atoms with Crippen LogP contribution in [0.2, 0.25) is 0 Å². The molecule has 0 saturated carbocycles. The number of nitrogens with zero attached hydrogens (tertiary/aromatic N) is 3. The third kappa shape index (κ3) is 6.05. The van der Waals surface area contributed by atoms with Crippen molar-refractivity contribution < 1.29 is 4.74 Å². The number of unbranched alkanes of at least 4 members (excludes halogenated alkanes) is 1. The fourth-order valence-corrected chi connectivity index (χ4v) is 2.73. The quantitative estimate of drug-likeness (QED) is 0.395. The molecule has 0 bridgehead atoms. The van der Waals surface area contributed by atoms with Crippen LogP contribution in [-0.4, -0.2) is 48.9 Å². The molecule has 0 aliphatic rings. The smallest absolute Gasteiger partial charge is 0.191 e. The first-order chi connectivity index (χ1) is 12.3. The number of hydrogen-bond donors (Lipinski definition) is 2. The number of ether oxygens (including phenoxy) is 1. The normalized spacial score (nSPS) is 11.9. The Morgan fingerprint density at radius 3 is 2.76 bits per heavy atom. The summed E-state index contributed by atoms with van der Waals surface area (Å²) in [4.78, 5) is 8.85. The van der Waals surface area contributed by atoms with Gasteiger partial charge in [0.1, 0.15) is 5.82 Å². The standard InChI is InChI=1S/C19H31N5O/c1-4-5-14-25-15-12-22-19(20-3)21-11-8-13-24-16(2)23-17-9-6-7-10-18(17)24/h6-7,9-10H,4-5,8,11-15H2,1-3H3,(H2,20,21,22). The molecule has 138 valence electrons. The Kier molecular flexibility index (Phi) is 8.25. The molecular formula is C19H31N5O. The first-order valence-corrected chi connectivity index (χ1v) is 9.20. The van der Waals surface area contributed by atoms with E-state index < -0.39 is 0 Å².